The Bertz CT molecular complexity index is 423. The molecule has 0 aromatic heterocycles. The van der Waals surface area contributed by atoms with Gasteiger partial charge in [0.1, 0.15) is 0 Å². The van der Waals surface area contributed by atoms with E-state index in [0.717, 1.165) is 30.5 Å². The minimum Gasteiger partial charge on any atom is -0.490 e. The first kappa shape index (κ1) is 13.0. The lowest BCUT2D eigenvalue weighted by Crippen LogP contribution is -2.08. The summed E-state index contributed by atoms with van der Waals surface area (Å²) >= 11 is 0. The van der Waals surface area contributed by atoms with Gasteiger partial charge in [-0.05, 0) is 24.7 Å². The van der Waals surface area contributed by atoms with Crippen molar-refractivity contribution in [1.82, 2.24) is 0 Å². The second kappa shape index (κ2) is 5.46. The van der Waals surface area contributed by atoms with Crippen LogP contribution in [-0.2, 0) is 0 Å². The lowest BCUT2D eigenvalue weighted by molar-refractivity contribution is 0.301. The molecule has 1 aromatic rings. The monoisotopic (exact) mass is 252 g/mol. The van der Waals surface area contributed by atoms with Crippen molar-refractivity contribution in [3.8, 4) is 5.75 Å². The van der Waals surface area contributed by atoms with E-state index in [4.69, 9.17) is 10.5 Å². The molecule has 0 spiro atoms. The van der Waals surface area contributed by atoms with E-state index in [2.05, 4.69) is 12.2 Å². The van der Waals surface area contributed by atoms with Gasteiger partial charge in [-0.15, -0.1) is 0 Å². The van der Waals surface area contributed by atoms with Gasteiger partial charge in [-0.1, -0.05) is 13.8 Å². The summed E-state index contributed by atoms with van der Waals surface area (Å²) < 4.78 is 18.9. The molecule has 3 nitrogen and oxygen atoms in total. The zero-order chi connectivity index (χ0) is 13.1. The Morgan fingerprint density at radius 2 is 2.22 bits per heavy atom. The van der Waals surface area contributed by atoms with E-state index in [1.807, 2.05) is 6.92 Å². The van der Waals surface area contributed by atoms with Gasteiger partial charge in [-0.2, -0.15) is 0 Å². The second-order valence-electron chi connectivity index (χ2n) is 5.07. The van der Waals surface area contributed by atoms with E-state index >= 15 is 0 Å². The summed E-state index contributed by atoms with van der Waals surface area (Å²) in [5.74, 6) is 1.38. The predicted molar refractivity (Wildman–Crippen MR) is 72.4 cm³/mol. The number of anilines is 2. The fraction of sp³-hybridized carbons (Fsp3) is 0.571. The highest BCUT2D eigenvalue weighted by molar-refractivity contribution is 5.68. The molecule has 0 radical (unpaired) electrons. The minimum atomic E-state index is -0.397. The van der Waals surface area contributed by atoms with Crippen LogP contribution in [0, 0.1) is 17.7 Å². The van der Waals surface area contributed by atoms with Gasteiger partial charge in [0.05, 0.1) is 18.0 Å². The van der Waals surface area contributed by atoms with Gasteiger partial charge in [0.2, 0.25) is 0 Å². The molecule has 0 aliphatic heterocycles. The van der Waals surface area contributed by atoms with Crippen LogP contribution in [0.2, 0.25) is 0 Å². The first-order valence-corrected chi connectivity index (χ1v) is 6.57. The van der Waals surface area contributed by atoms with Crippen LogP contribution in [-0.4, -0.2) is 13.2 Å². The number of nitrogens with one attached hydrogen (secondary N) is 1. The van der Waals surface area contributed by atoms with Gasteiger partial charge in [0.15, 0.2) is 11.6 Å². The Balaban J connectivity index is 2.03. The molecule has 0 heterocycles. The van der Waals surface area contributed by atoms with E-state index in [0.29, 0.717) is 12.3 Å². The van der Waals surface area contributed by atoms with E-state index < -0.39 is 5.82 Å². The van der Waals surface area contributed by atoms with Crippen molar-refractivity contribution < 1.29 is 9.13 Å². The maximum Gasteiger partial charge on any atom is 0.167 e. The molecule has 3 N–H and O–H groups in total. The molecule has 0 amide bonds. The summed E-state index contributed by atoms with van der Waals surface area (Å²) in [7, 11) is 0. The molecule has 1 saturated carbocycles. The number of halogens is 1. The molecule has 2 rings (SSSR count). The first-order chi connectivity index (χ1) is 8.61. The molecule has 2 atom stereocenters. The highest BCUT2D eigenvalue weighted by atomic mass is 19.1. The van der Waals surface area contributed by atoms with E-state index in [1.165, 1.54) is 12.5 Å². The Hall–Kier alpha value is -1.45. The minimum absolute atomic E-state index is 0.275. The van der Waals surface area contributed by atoms with Crippen LogP contribution in [0.25, 0.3) is 0 Å². The average Bonchev–Trinajstić information content (AvgIpc) is 3.03. The van der Waals surface area contributed by atoms with Gasteiger partial charge in [-0.3, -0.25) is 0 Å². The Kier molecular flexibility index (Phi) is 3.94. The number of hydrogen-bond acceptors (Lipinski definition) is 3. The number of rotatable bonds is 6. The summed E-state index contributed by atoms with van der Waals surface area (Å²) in [5, 5.41) is 3.28. The highest BCUT2D eigenvalue weighted by Gasteiger charge is 2.32. The van der Waals surface area contributed by atoms with Crippen LogP contribution in [0.1, 0.15) is 26.7 Å². The largest absolute Gasteiger partial charge is 0.490 e. The number of nitrogens with two attached hydrogens (primary N) is 1. The van der Waals surface area contributed by atoms with Gasteiger partial charge in [0, 0.05) is 18.7 Å². The number of hydrogen-bond donors (Lipinski definition) is 2. The quantitative estimate of drug-likeness (QED) is 0.764. The molecule has 18 heavy (non-hydrogen) atoms. The van der Waals surface area contributed by atoms with Crippen LogP contribution in [0.15, 0.2) is 12.1 Å². The van der Waals surface area contributed by atoms with Crippen LogP contribution < -0.4 is 15.8 Å². The van der Waals surface area contributed by atoms with Crippen LogP contribution in [0.3, 0.4) is 0 Å². The fourth-order valence-electron chi connectivity index (χ4n) is 1.97. The normalized spacial score (nSPS) is 21.7. The molecule has 1 aromatic carbocycles. The van der Waals surface area contributed by atoms with Gasteiger partial charge >= 0.3 is 0 Å². The maximum absolute atomic E-state index is 13.6. The number of ether oxygens (including phenoxy) is 1. The Labute approximate surface area is 108 Å². The molecule has 1 aliphatic rings. The van der Waals surface area contributed by atoms with Crippen molar-refractivity contribution in [3.63, 3.8) is 0 Å². The molecule has 100 valence electrons. The van der Waals surface area contributed by atoms with Crippen molar-refractivity contribution in [3.05, 3.63) is 17.9 Å². The fourth-order valence-corrected chi connectivity index (χ4v) is 1.97. The van der Waals surface area contributed by atoms with Crippen LogP contribution >= 0.6 is 0 Å². The topological polar surface area (TPSA) is 47.3 Å². The van der Waals surface area contributed by atoms with Crippen molar-refractivity contribution in [2.45, 2.75) is 26.7 Å². The predicted octanol–water partition coefficient (Wildman–Crippen LogP) is 3.26. The molecule has 4 heteroatoms. The third kappa shape index (κ3) is 3.06. The molecular formula is C14H21FN2O. The summed E-state index contributed by atoms with van der Waals surface area (Å²) in [6, 6.07) is 2.98. The zero-order valence-corrected chi connectivity index (χ0v) is 11.0. The van der Waals surface area contributed by atoms with Crippen LogP contribution in [0.4, 0.5) is 15.8 Å². The standard InChI is InChI=1S/C14H21FN2O/c1-3-4-18-14-7-13(12(16)6-11(14)15)17-8-10-5-9(10)2/h6-7,9-10,17H,3-5,8,16H2,1-2H3. The van der Waals surface area contributed by atoms with Gasteiger partial charge in [0.25, 0.3) is 0 Å². The molecule has 0 saturated heterocycles. The summed E-state index contributed by atoms with van der Waals surface area (Å²) in [6.45, 7) is 5.63. The summed E-state index contributed by atoms with van der Waals surface area (Å²) in [5.41, 5.74) is 7.00. The molecule has 0 bridgehead atoms. The number of nitrogen functional groups attached to an aromatic ring is 1. The zero-order valence-electron chi connectivity index (χ0n) is 11.0. The van der Waals surface area contributed by atoms with Gasteiger partial charge < -0.3 is 15.8 Å². The Morgan fingerprint density at radius 1 is 1.50 bits per heavy atom. The highest BCUT2D eigenvalue weighted by Crippen LogP contribution is 2.38. The molecular weight excluding hydrogens is 231 g/mol. The SMILES string of the molecule is CCCOc1cc(NCC2CC2C)c(N)cc1F. The van der Waals surface area contributed by atoms with E-state index in [9.17, 15) is 4.39 Å². The van der Waals surface area contributed by atoms with Crippen molar-refractivity contribution >= 4 is 11.4 Å². The van der Waals surface area contributed by atoms with Crippen LogP contribution in [0.5, 0.6) is 5.75 Å². The molecule has 1 aliphatic carbocycles. The van der Waals surface area contributed by atoms with Gasteiger partial charge in [-0.25, -0.2) is 4.39 Å². The van der Waals surface area contributed by atoms with Crippen molar-refractivity contribution in [2.24, 2.45) is 11.8 Å². The lowest BCUT2D eigenvalue weighted by Gasteiger charge is -2.12. The average molecular weight is 252 g/mol. The smallest absolute Gasteiger partial charge is 0.167 e. The lowest BCUT2D eigenvalue weighted by atomic mass is 10.2. The first-order valence-electron chi connectivity index (χ1n) is 6.57. The second-order valence-corrected chi connectivity index (χ2v) is 5.07. The maximum atomic E-state index is 13.6. The number of benzene rings is 1. The Morgan fingerprint density at radius 3 is 2.83 bits per heavy atom. The third-order valence-electron chi connectivity index (χ3n) is 3.40. The van der Waals surface area contributed by atoms with Crippen molar-refractivity contribution in [2.75, 3.05) is 24.2 Å². The molecule has 2 unspecified atom stereocenters. The van der Waals surface area contributed by atoms with Crippen molar-refractivity contribution in [1.29, 1.82) is 0 Å². The third-order valence-corrected chi connectivity index (χ3v) is 3.40. The summed E-state index contributed by atoms with van der Waals surface area (Å²) in [4.78, 5) is 0. The summed E-state index contributed by atoms with van der Waals surface area (Å²) in [6.07, 6.45) is 2.11. The molecule has 1 fully saturated rings. The van der Waals surface area contributed by atoms with E-state index in [-0.39, 0.29) is 5.75 Å². The van der Waals surface area contributed by atoms with E-state index in [1.54, 1.807) is 6.07 Å².